The molecule has 0 atom stereocenters. The number of nitrogens with zero attached hydrogens (tertiary/aromatic N) is 1. The fraction of sp³-hybridized carbons (Fsp3) is 0.0606. The van der Waals surface area contributed by atoms with Crippen LogP contribution in [0.3, 0.4) is 0 Å². The zero-order valence-corrected chi connectivity index (χ0v) is 20.6. The predicted octanol–water partition coefficient (Wildman–Crippen LogP) is 9.58. The fourth-order valence-electron chi connectivity index (χ4n) is 4.81. The van der Waals surface area contributed by atoms with Crippen molar-refractivity contribution >= 4 is 21.4 Å². The molecule has 2 aromatic heterocycles. The molecule has 0 saturated heterocycles. The van der Waals surface area contributed by atoms with Crippen molar-refractivity contribution in [3.63, 3.8) is 0 Å². The van der Waals surface area contributed by atoms with Crippen molar-refractivity contribution in [2.24, 2.45) is 0 Å². The van der Waals surface area contributed by atoms with E-state index in [0.717, 1.165) is 11.3 Å². The molecule has 0 saturated carbocycles. The Morgan fingerprint density at radius 1 is 0.543 bits per heavy atom. The van der Waals surface area contributed by atoms with Crippen LogP contribution >= 0.6 is 11.3 Å². The van der Waals surface area contributed by atoms with Gasteiger partial charge in [-0.25, -0.2) is 0 Å². The molecular weight excluding hydrogens is 442 g/mol. The molecule has 0 N–H and O–H groups in total. The van der Waals surface area contributed by atoms with Crippen LogP contribution in [0.4, 0.5) is 0 Å². The number of thiophene rings is 1. The first kappa shape index (κ1) is 21.5. The first-order valence-electron chi connectivity index (χ1n) is 11.9. The van der Waals surface area contributed by atoms with E-state index in [1.54, 1.807) is 11.3 Å². The highest BCUT2D eigenvalue weighted by atomic mass is 32.1. The minimum Gasteiger partial charge on any atom is -0.255 e. The maximum absolute atomic E-state index is 4.80. The molecule has 6 aromatic rings. The van der Waals surface area contributed by atoms with Gasteiger partial charge in [0.05, 0.1) is 10.4 Å². The van der Waals surface area contributed by atoms with E-state index in [9.17, 15) is 0 Å². The fourth-order valence-corrected chi connectivity index (χ4v) is 5.82. The Bertz CT molecular complexity index is 1620. The zero-order valence-electron chi connectivity index (χ0n) is 19.8. The lowest BCUT2D eigenvalue weighted by Gasteiger charge is -2.10. The average Bonchev–Trinajstić information content (AvgIpc) is 3.33. The highest BCUT2D eigenvalue weighted by molar-refractivity contribution is 7.22. The highest BCUT2D eigenvalue weighted by Gasteiger charge is 2.10. The van der Waals surface area contributed by atoms with Gasteiger partial charge in [0.2, 0.25) is 0 Å². The van der Waals surface area contributed by atoms with E-state index in [1.807, 2.05) is 12.3 Å². The summed E-state index contributed by atoms with van der Waals surface area (Å²) in [6.45, 7) is 4.37. The first-order chi connectivity index (χ1) is 17.2. The molecule has 0 amide bonds. The summed E-state index contributed by atoms with van der Waals surface area (Å²) in [4.78, 5) is 6.07. The van der Waals surface area contributed by atoms with E-state index in [2.05, 4.69) is 117 Å². The van der Waals surface area contributed by atoms with Crippen molar-refractivity contribution in [3.05, 3.63) is 127 Å². The minimum atomic E-state index is 1.00. The van der Waals surface area contributed by atoms with Crippen LogP contribution in [0.1, 0.15) is 11.1 Å². The quantitative estimate of drug-likeness (QED) is 0.251. The highest BCUT2D eigenvalue weighted by Crippen LogP contribution is 2.37. The Labute approximate surface area is 210 Å². The number of aryl methyl sites for hydroxylation is 2. The van der Waals surface area contributed by atoms with Crippen molar-refractivity contribution in [1.29, 1.82) is 0 Å². The lowest BCUT2D eigenvalue weighted by molar-refractivity contribution is 1.36. The maximum Gasteiger partial charge on any atom is 0.0709 e. The second kappa shape index (κ2) is 8.98. The molecule has 6 rings (SSSR count). The standard InChI is InChI=1S/C33H25NS/c1-22-8-6-9-23(2)33(22)26-16-14-25(15-17-26)31-20-29-19-30(34-21-32(29)35-31)28-13-7-12-27(18-28)24-10-4-3-5-11-24/h3-21H,1-2H3. The lowest BCUT2D eigenvalue weighted by atomic mass is 9.95. The summed E-state index contributed by atoms with van der Waals surface area (Å²) in [6.07, 6.45) is 2.01. The Morgan fingerprint density at radius 3 is 1.97 bits per heavy atom. The number of benzene rings is 4. The average molecular weight is 468 g/mol. The molecule has 2 heterocycles. The van der Waals surface area contributed by atoms with Crippen LogP contribution in [-0.2, 0) is 0 Å². The summed E-state index contributed by atoms with van der Waals surface area (Å²) < 4.78 is 1.21. The van der Waals surface area contributed by atoms with Crippen LogP contribution < -0.4 is 0 Å². The zero-order chi connectivity index (χ0) is 23.8. The van der Waals surface area contributed by atoms with E-state index in [4.69, 9.17) is 4.98 Å². The van der Waals surface area contributed by atoms with Crippen LogP contribution in [0.2, 0.25) is 0 Å². The van der Waals surface area contributed by atoms with Crippen molar-refractivity contribution in [1.82, 2.24) is 4.98 Å². The van der Waals surface area contributed by atoms with Gasteiger partial charge in [-0.3, -0.25) is 4.98 Å². The third-order valence-electron chi connectivity index (χ3n) is 6.61. The summed E-state index contributed by atoms with van der Waals surface area (Å²) in [7, 11) is 0. The molecule has 0 bridgehead atoms. The summed E-state index contributed by atoms with van der Waals surface area (Å²) in [5.74, 6) is 0. The second-order valence-electron chi connectivity index (χ2n) is 9.01. The van der Waals surface area contributed by atoms with Gasteiger partial charge in [-0.1, -0.05) is 91.0 Å². The van der Waals surface area contributed by atoms with E-state index < -0.39 is 0 Å². The summed E-state index contributed by atoms with van der Waals surface area (Å²) >= 11 is 1.80. The summed E-state index contributed by atoms with van der Waals surface area (Å²) in [5, 5.41) is 1.24. The van der Waals surface area contributed by atoms with Gasteiger partial charge < -0.3 is 0 Å². The van der Waals surface area contributed by atoms with E-state index in [-0.39, 0.29) is 0 Å². The lowest BCUT2D eigenvalue weighted by Crippen LogP contribution is -1.87. The number of fused-ring (bicyclic) bond motifs is 1. The van der Waals surface area contributed by atoms with Crippen LogP contribution in [0.25, 0.3) is 54.0 Å². The molecule has 35 heavy (non-hydrogen) atoms. The molecule has 0 unspecified atom stereocenters. The van der Waals surface area contributed by atoms with Gasteiger partial charge in [-0.05, 0) is 76.4 Å². The molecule has 0 aliphatic rings. The van der Waals surface area contributed by atoms with E-state index >= 15 is 0 Å². The maximum atomic E-state index is 4.80. The van der Waals surface area contributed by atoms with E-state index in [0.29, 0.717) is 0 Å². The third kappa shape index (κ3) is 4.18. The normalized spacial score (nSPS) is 11.1. The number of pyridine rings is 1. The van der Waals surface area contributed by atoms with E-state index in [1.165, 1.54) is 53.9 Å². The molecule has 2 heteroatoms. The molecule has 0 radical (unpaired) electrons. The van der Waals surface area contributed by atoms with Crippen molar-refractivity contribution in [3.8, 4) is 44.0 Å². The Hall–Kier alpha value is -4.01. The number of hydrogen-bond donors (Lipinski definition) is 0. The van der Waals surface area contributed by atoms with Crippen LogP contribution in [0, 0.1) is 13.8 Å². The van der Waals surface area contributed by atoms with Crippen LogP contribution in [-0.4, -0.2) is 4.98 Å². The summed E-state index contributed by atoms with van der Waals surface area (Å²) in [6, 6.07) is 39.1. The predicted molar refractivity (Wildman–Crippen MR) is 151 cm³/mol. The van der Waals surface area contributed by atoms with Crippen LogP contribution in [0.15, 0.2) is 115 Å². The van der Waals surface area contributed by atoms with Crippen molar-refractivity contribution in [2.75, 3.05) is 0 Å². The van der Waals surface area contributed by atoms with Gasteiger partial charge >= 0.3 is 0 Å². The molecular formula is C33H25NS. The Kier molecular flexibility index (Phi) is 5.52. The Balaban J connectivity index is 1.33. The van der Waals surface area contributed by atoms with Crippen LogP contribution in [0.5, 0.6) is 0 Å². The van der Waals surface area contributed by atoms with Gasteiger partial charge in [-0.15, -0.1) is 11.3 Å². The molecule has 4 aromatic carbocycles. The third-order valence-corrected chi connectivity index (χ3v) is 7.74. The number of aromatic nitrogens is 1. The molecule has 0 fully saturated rings. The molecule has 1 nitrogen and oxygen atoms in total. The minimum absolute atomic E-state index is 1.00. The molecule has 0 aliphatic carbocycles. The molecule has 0 spiro atoms. The van der Waals surface area contributed by atoms with Gasteiger partial charge in [0.1, 0.15) is 0 Å². The largest absolute Gasteiger partial charge is 0.255 e. The van der Waals surface area contributed by atoms with Gasteiger partial charge in [0, 0.05) is 16.6 Å². The molecule has 168 valence electrons. The van der Waals surface area contributed by atoms with Gasteiger partial charge in [-0.2, -0.15) is 0 Å². The number of hydrogen-bond acceptors (Lipinski definition) is 2. The Morgan fingerprint density at radius 2 is 1.20 bits per heavy atom. The number of rotatable bonds is 4. The summed E-state index contributed by atoms with van der Waals surface area (Å²) in [5.41, 5.74) is 11.1. The second-order valence-corrected chi connectivity index (χ2v) is 10.1. The van der Waals surface area contributed by atoms with Crippen molar-refractivity contribution in [2.45, 2.75) is 13.8 Å². The smallest absolute Gasteiger partial charge is 0.0709 e. The SMILES string of the molecule is Cc1cccc(C)c1-c1ccc(-c2cc3cc(-c4cccc(-c5ccccc5)c4)ncc3s2)cc1. The van der Waals surface area contributed by atoms with Crippen molar-refractivity contribution < 1.29 is 0 Å². The first-order valence-corrected chi connectivity index (χ1v) is 12.7. The van der Waals surface area contributed by atoms with Gasteiger partial charge in [0.25, 0.3) is 0 Å². The monoisotopic (exact) mass is 467 g/mol. The molecule has 0 aliphatic heterocycles. The van der Waals surface area contributed by atoms with Gasteiger partial charge in [0.15, 0.2) is 0 Å². The topological polar surface area (TPSA) is 12.9 Å².